The van der Waals surface area contributed by atoms with Crippen LogP contribution in [0.15, 0.2) is 56.0 Å². The number of carbonyl (C=O) groups is 2. The van der Waals surface area contributed by atoms with Gasteiger partial charge in [-0.3, -0.25) is 65.3 Å². The molecule has 0 radical (unpaired) electrons. The molecule has 0 bridgehead atoms. The number of aliphatic hydroxyl groups is 1. The molecule has 1 amide bonds. The van der Waals surface area contributed by atoms with Crippen LogP contribution in [0.2, 0.25) is 0 Å². The van der Waals surface area contributed by atoms with Crippen LogP contribution in [0.3, 0.4) is 0 Å². The Morgan fingerprint density at radius 3 is 1.46 bits per heavy atom. The van der Waals surface area contributed by atoms with E-state index in [1.165, 1.54) is 63.8 Å². The van der Waals surface area contributed by atoms with Gasteiger partial charge in [0.2, 0.25) is 5.91 Å². The molecular weight excluding hydrogens is 1170 g/mol. The summed E-state index contributed by atoms with van der Waals surface area (Å²) in [5, 5.41) is 20.9. The molecule has 91 heavy (non-hydrogen) atoms. The van der Waals surface area contributed by atoms with Crippen molar-refractivity contribution in [3.05, 3.63) is 107 Å². The Balaban J connectivity index is 0.000000220. The zero-order valence-electron chi connectivity index (χ0n) is 56.0. The van der Waals surface area contributed by atoms with Gasteiger partial charge >= 0.3 is 22.8 Å². The molecule has 0 unspecified atom stereocenters. The first-order valence-corrected chi connectivity index (χ1v) is 31.2. The van der Waals surface area contributed by atoms with Crippen LogP contribution in [0.5, 0.6) is 0 Å². The first-order valence-electron chi connectivity index (χ1n) is 31.2. The molecule has 29 heteroatoms. The van der Waals surface area contributed by atoms with Crippen LogP contribution < -0.4 is 50.3 Å². The normalized spacial score (nSPS) is 13.2. The SMILES string of the molecule is CC(=O)N[C@H](C)CCCCn1c(=O)c2c(ncn2C)n(C)c1=O.CC(=O)c1nc2c(c(=O)n(CCCC[C@@H](C)O)c(=O)n2C)n1C.CCCC1=Nc2c(c(=O)n(CCCC[C@@H](C)C#N)c(=O)n2C)C1.C[C@H](CCCCn1c(=O)c2c(ncn2C)n(C)c1=O)N(C)C. The molecule has 1 aliphatic rings. The maximum atomic E-state index is 12.6. The van der Waals surface area contributed by atoms with E-state index in [-0.39, 0.29) is 80.9 Å². The van der Waals surface area contributed by atoms with E-state index in [1.807, 2.05) is 13.8 Å². The second kappa shape index (κ2) is 32.9. The summed E-state index contributed by atoms with van der Waals surface area (Å²) in [6, 6.07) is 2.79. The van der Waals surface area contributed by atoms with Gasteiger partial charge in [0.25, 0.3) is 22.2 Å². The highest BCUT2D eigenvalue weighted by Crippen LogP contribution is 2.23. The van der Waals surface area contributed by atoms with Gasteiger partial charge in [0, 0.05) is 119 Å². The summed E-state index contributed by atoms with van der Waals surface area (Å²) in [5.74, 6) is 0.375. The number of unbranched alkanes of at least 4 members (excludes halogenated alkanes) is 4. The number of aliphatic imine (C=N–C) groups is 1. The number of nitrogens with one attached hydrogen (secondary N) is 1. The van der Waals surface area contributed by atoms with E-state index < -0.39 is 17.4 Å². The first-order chi connectivity index (χ1) is 42.9. The van der Waals surface area contributed by atoms with Crippen molar-refractivity contribution in [2.45, 2.75) is 189 Å². The molecule has 4 atom stereocenters. The van der Waals surface area contributed by atoms with E-state index >= 15 is 0 Å². The van der Waals surface area contributed by atoms with E-state index in [0.29, 0.717) is 85.1 Å². The second-order valence-electron chi connectivity index (χ2n) is 24.2. The van der Waals surface area contributed by atoms with Crippen molar-refractivity contribution in [1.82, 2.24) is 75.4 Å². The summed E-state index contributed by atoms with van der Waals surface area (Å²) in [4.78, 5) is 141. The largest absolute Gasteiger partial charge is 0.393 e. The lowest BCUT2D eigenvalue weighted by atomic mass is 10.1. The molecule has 1 aliphatic heterocycles. The molecule has 0 saturated carbocycles. The third-order valence-corrected chi connectivity index (χ3v) is 16.5. The number of aryl methyl sites for hydroxylation is 6. The fourth-order valence-corrected chi connectivity index (χ4v) is 10.9. The highest BCUT2D eigenvalue weighted by atomic mass is 16.3. The quantitative estimate of drug-likeness (QED) is 0.0613. The Hall–Kier alpha value is -8.65. The predicted octanol–water partition coefficient (Wildman–Crippen LogP) is 3.18. The summed E-state index contributed by atoms with van der Waals surface area (Å²) in [6.07, 6.45) is 14.6. The third-order valence-electron chi connectivity index (χ3n) is 16.5. The number of rotatable bonds is 25. The number of amides is 1. The number of ketones is 1. The standard InChI is InChI=1S/C17H24N4O2.C15H23N5O3.C15H25N5O2.C15H22N4O4/c1-4-7-13-10-14-15(19-13)20(3)17(23)21(16(14)22)9-6-5-8-12(2)11-18;1-10(17-11(2)21)7-5-6-8-20-14(22)12-13(16-9-18(12)3)19(4)15(20)23;1-11(17(2)3)8-6-7-9-20-14(21)12-13(16-10-18(12)4)19(5)15(20)22;1-9(20)7-5-6-8-19-14(22)11-13(18(4)15(19)23)16-12(10(2)21)17(11)3/h12H,4-10H2,1-3H3;9-10H,5-8H2,1-4H3,(H,17,21);10-11H,6-9H2,1-5H3;9,20H,5-8H2,1-4H3/t12-;10-;11-;9-/m1111/s1. The molecule has 498 valence electrons. The van der Waals surface area contributed by atoms with Gasteiger partial charge in [0.1, 0.15) is 5.82 Å². The summed E-state index contributed by atoms with van der Waals surface area (Å²) >= 11 is 0. The number of aromatic nitrogens is 14. The summed E-state index contributed by atoms with van der Waals surface area (Å²) in [6.45, 7) is 14.1. The van der Waals surface area contributed by atoms with Crippen molar-refractivity contribution in [1.29, 1.82) is 5.26 Å². The monoisotopic (exact) mass is 1270 g/mol. The number of hydrogen-bond donors (Lipinski definition) is 2. The fourth-order valence-electron chi connectivity index (χ4n) is 10.9. The van der Waals surface area contributed by atoms with Crippen LogP contribution in [-0.2, 0) is 86.7 Å². The number of carbonyl (C=O) groups excluding carboxylic acids is 2. The van der Waals surface area contributed by atoms with Gasteiger partial charge in [-0.15, -0.1) is 0 Å². The Kier molecular flexibility index (Phi) is 26.4. The Bertz CT molecular complexity index is 4320. The molecule has 8 rings (SSSR count). The van der Waals surface area contributed by atoms with E-state index in [2.05, 4.69) is 64.2 Å². The van der Waals surface area contributed by atoms with Gasteiger partial charge in [0.05, 0.1) is 30.4 Å². The van der Waals surface area contributed by atoms with Gasteiger partial charge in [0.15, 0.2) is 45.1 Å². The van der Waals surface area contributed by atoms with Crippen LogP contribution in [0.4, 0.5) is 5.82 Å². The number of fused-ring (bicyclic) bond motifs is 4. The van der Waals surface area contributed by atoms with Crippen molar-refractivity contribution in [3.8, 4) is 6.07 Å². The van der Waals surface area contributed by atoms with Crippen LogP contribution in [0.25, 0.3) is 33.5 Å². The topological polar surface area (TPSA) is 335 Å². The van der Waals surface area contributed by atoms with Crippen molar-refractivity contribution >= 4 is 56.7 Å². The van der Waals surface area contributed by atoms with E-state index in [9.17, 15) is 53.1 Å². The van der Waals surface area contributed by atoms with Crippen molar-refractivity contribution in [2.75, 3.05) is 14.1 Å². The number of hydrogen-bond acceptors (Lipinski definition) is 17. The Labute approximate surface area is 527 Å². The zero-order chi connectivity index (χ0) is 67.9. The molecule has 0 saturated heterocycles. The molecule has 0 spiro atoms. The van der Waals surface area contributed by atoms with Crippen molar-refractivity contribution in [2.24, 2.45) is 60.2 Å². The molecule has 7 aromatic rings. The molecule has 7 aromatic heterocycles. The molecule has 0 aromatic carbocycles. The second-order valence-corrected chi connectivity index (χ2v) is 24.2. The number of nitrogens with zero attached hydrogens (tertiary/aromatic N) is 17. The predicted molar refractivity (Wildman–Crippen MR) is 351 cm³/mol. The molecule has 0 fully saturated rings. The smallest absolute Gasteiger partial charge is 0.332 e. The number of Topliss-reactive ketones (excluding diaryl/α,β-unsaturated/α-hetero) is 1. The van der Waals surface area contributed by atoms with Gasteiger partial charge in [-0.05, 0) is 112 Å². The van der Waals surface area contributed by atoms with E-state index in [0.717, 1.165) is 80.9 Å². The minimum atomic E-state index is -0.451. The summed E-state index contributed by atoms with van der Waals surface area (Å²) in [5.41, 5.74) is 1.22. The molecule has 8 heterocycles. The average Bonchev–Trinajstić information content (AvgIpc) is 1.69. The van der Waals surface area contributed by atoms with Crippen molar-refractivity contribution < 1.29 is 14.7 Å². The Morgan fingerprint density at radius 2 is 1.02 bits per heavy atom. The van der Waals surface area contributed by atoms with Crippen molar-refractivity contribution in [3.63, 3.8) is 0 Å². The highest BCUT2D eigenvalue weighted by molar-refractivity contribution is 5.94. The fraction of sp³-hybridized carbons (Fsp3) is 0.629. The Morgan fingerprint density at radius 1 is 0.593 bits per heavy atom. The van der Waals surface area contributed by atoms with E-state index in [1.54, 1.807) is 64.7 Å². The summed E-state index contributed by atoms with van der Waals surface area (Å²) < 4.78 is 15.4. The third kappa shape index (κ3) is 17.7. The molecule has 0 aliphatic carbocycles. The lowest BCUT2D eigenvalue weighted by Gasteiger charge is -2.19. The minimum Gasteiger partial charge on any atom is -0.393 e. The maximum Gasteiger partial charge on any atom is 0.332 e. The summed E-state index contributed by atoms with van der Waals surface area (Å²) in [7, 11) is 15.7. The zero-order valence-corrected chi connectivity index (χ0v) is 56.0. The molecule has 2 N–H and O–H groups in total. The van der Waals surface area contributed by atoms with Gasteiger partial charge in [-0.2, -0.15) is 5.26 Å². The lowest BCUT2D eigenvalue weighted by molar-refractivity contribution is -0.119. The first kappa shape index (κ1) is 73.1. The van der Waals surface area contributed by atoms with E-state index in [4.69, 9.17) is 5.26 Å². The maximum absolute atomic E-state index is 12.6. The average molecular weight is 1270 g/mol. The van der Waals surface area contributed by atoms with Crippen LogP contribution in [0.1, 0.15) is 155 Å². The highest BCUT2D eigenvalue weighted by Gasteiger charge is 2.25. The van der Waals surface area contributed by atoms with Crippen LogP contribution in [-0.4, -0.2) is 125 Å². The number of aliphatic hydroxyl groups excluding tert-OH is 1. The lowest BCUT2D eigenvalue weighted by Crippen LogP contribution is -2.40. The molecule has 29 nitrogen and oxygen atoms in total. The molecular formula is C62H94N18O11. The van der Waals surface area contributed by atoms with Crippen LogP contribution >= 0.6 is 0 Å². The van der Waals surface area contributed by atoms with Gasteiger partial charge < -0.3 is 29.0 Å². The van der Waals surface area contributed by atoms with Gasteiger partial charge in [-0.25, -0.2) is 39.1 Å². The van der Waals surface area contributed by atoms with Crippen LogP contribution in [0, 0.1) is 17.2 Å². The minimum absolute atomic E-state index is 0.0135. The number of nitriles is 1. The van der Waals surface area contributed by atoms with Gasteiger partial charge in [-0.1, -0.05) is 26.2 Å². The number of imidazole rings is 3.